The number of anilines is 1. The Morgan fingerprint density at radius 2 is 1.78 bits per heavy atom. The van der Waals surface area contributed by atoms with Crippen LogP contribution >= 0.6 is 27.5 Å². The topological polar surface area (TPSA) is 72.0 Å². The molecular weight excluding hydrogens is 342 g/mol. The van der Waals surface area contributed by atoms with Crippen molar-refractivity contribution in [3.8, 4) is 0 Å². The lowest BCUT2D eigenvalue weighted by Crippen LogP contribution is -2.13. The highest BCUT2D eigenvalue weighted by atomic mass is 79.9. The summed E-state index contributed by atoms with van der Waals surface area (Å²) in [4.78, 5) is 7.21. The molecule has 0 atom stereocenters. The standard InChI is InChI=1S/C10H7BrClN3O2S/c11-8-3-1-2-4-9(8)15-18(16,17)7-5-13-10(12)14-6-7/h1-6,15H. The van der Waals surface area contributed by atoms with Crippen LogP contribution in [0.1, 0.15) is 0 Å². The second kappa shape index (κ2) is 5.21. The lowest BCUT2D eigenvalue weighted by atomic mass is 10.3. The van der Waals surface area contributed by atoms with E-state index in [2.05, 4.69) is 30.6 Å². The Morgan fingerprint density at radius 3 is 2.39 bits per heavy atom. The Morgan fingerprint density at radius 1 is 1.17 bits per heavy atom. The highest BCUT2D eigenvalue weighted by Crippen LogP contribution is 2.24. The Labute approximate surface area is 117 Å². The molecule has 0 aliphatic heterocycles. The van der Waals surface area contributed by atoms with Gasteiger partial charge in [0.1, 0.15) is 4.90 Å². The zero-order valence-corrected chi connectivity index (χ0v) is 12.0. The van der Waals surface area contributed by atoms with Gasteiger partial charge in [-0.05, 0) is 39.7 Å². The molecule has 1 N–H and O–H groups in total. The average molecular weight is 349 g/mol. The molecule has 1 heterocycles. The van der Waals surface area contributed by atoms with Crippen molar-refractivity contribution < 1.29 is 8.42 Å². The number of nitrogens with zero attached hydrogens (tertiary/aromatic N) is 2. The molecule has 0 amide bonds. The zero-order chi connectivity index (χ0) is 13.2. The van der Waals surface area contributed by atoms with Gasteiger partial charge in [0.15, 0.2) is 0 Å². The fourth-order valence-electron chi connectivity index (χ4n) is 1.19. The first-order chi connectivity index (χ1) is 8.49. The third kappa shape index (κ3) is 2.98. The normalized spacial score (nSPS) is 11.2. The summed E-state index contributed by atoms with van der Waals surface area (Å²) in [6.45, 7) is 0. The number of hydrogen-bond acceptors (Lipinski definition) is 4. The average Bonchev–Trinajstić information content (AvgIpc) is 2.32. The number of nitrogens with one attached hydrogen (secondary N) is 1. The van der Waals surface area contributed by atoms with Crippen LogP contribution in [-0.4, -0.2) is 18.4 Å². The van der Waals surface area contributed by atoms with E-state index in [0.717, 1.165) is 12.4 Å². The minimum atomic E-state index is -3.72. The van der Waals surface area contributed by atoms with Crippen LogP contribution in [0.25, 0.3) is 0 Å². The van der Waals surface area contributed by atoms with Gasteiger partial charge < -0.3 is 0 Å². The summed E-state index contributed by atoms with van der Waals surface area (Å²) in [5, 5.41) is -0.00478. The number of sulfonamides is 1. The van der Waals surface area contributed by atoms with Gasteiger partial charge >= 0.3 is 0 Å². The highest BCUT2D eigenvalue weighted by Gasteiger charge is 2.16. The van der Waals surface area contributed by atoms with Crippen molar-refractivity contribution in [3.05, 3.63) is 46.4 Å². The Hall–Kier alpha value is -1.18. The molecule has 18 heavy (non-hydrogen) atoms. The van der Waals surface area contributed by atoms with Crippen molar-refractivity contribution in [2.45, 2.75) is 4.90 Å². The number of benzene rings is 1. The second-order valence-electron chi connectivity index (χ2n) is 3.27. The highest BCUT2D eigenvalue weighted by molar-refractivity contribution is 9.10. The fourth-order valence-corrected chi connectivity index (χ4v) is 2.77. The molecular formula is C10H7BrClN3O2S. The van der Waals surface area contributed by atoms with Gasteiger partial charge in [0, 0.05) is 4.47 Å². The first-order valence-electron chi connectivity index (χ1n) is 4.74. The van der Waals surface area contributed by atoms with Crippen LogP contribution in [0, 0.1) is 0 Å². The van der Waals surface area contributed by atoms with Crippen molar-refractivity contribution in [3.63, 3.8) is 0 Å². The molecule has 94 valence electrons. The van der Waals surface area contributed by atoms with Gasteiger partial charge in [-0.15, -0.1) is 0 Å². The van der Waals surface area contributed by atoms with E-state index in [1.807, 2.05) is 0 Å². The van der Waals surface area contributed by atoms with Crippen LogP contribution in [0.4, 0.5) is 5.69 Å². The molecule has 2 aromatic rings. The predicted molar refractivity (Wildman–Crippen MR) is 72.0 cm³/mol. The Balaban J connectivity index is 2.33. The van der Waals surface area contributed by atoms with Gasteiger partial charge in [-0.25, -0.2) is 18.4 Å². The maximum atomic E-state index is 12.0. The molecule has 0 saturated carbocycles. The Bertz CT molecular complexity index is 661. The molecule has 2 rings (SSSR count). The number of rotatable bonds is 3. The maximum absolute atomic E-state index is 12.0. The predicted octanol–water partition coefficient (Wildman–Crippen LogP) is 2.69. The van der Waals surface area contributed by atoms with Crippen LogP contribution in [0.2, 0.25) is 5.28 Å². The molecule has 0 aliphatic carbocycles. The summed E-state index contributed by atoms with van der Waals surface area (Å²) in [6.07, 6.45) is 2.29. The molecule has 0 unspecified atom stereocenters. The molecule has 0 spiro atoms. The molecule has 1 aromatic heterocycles. The summed E-state index contributed by atoms with van der Waals surface area (Å²) in [5.41, 5.74) is 0.437. The Kier molecular flexibility index (Phi) is 3.84. The van der Waals surface area contributed by atoms with E-state index in [0.29, 0.717) is 10.2 Å². The van der Waals surface area contributed by atoms with Crippen LogP contribution in [0.15, 0.2) is 46.0 Å². The molecule has 8 heteroatoms. The lowest BCUT2D eigenvalue weighted by Gasteiger charge is -2.08. The van der Waals surface area contributed by atoms with Crippen LogP contribution < -0.4 is 4.72 Å². The van der Waals surface area contributed by atoms with Crippen LogP contribution in [0.5, 0.6) is 0 Å². The monoisotopic (exact) mass is 347 g/mol. The largest absolute Gasteiger partial charge is 0.278 e. The van der Waals surface area contributed by atoms with Crippen molar-refractivity contribution in [2.24, 2.45) is 0 Å². The summed E-state index contributed by atoms with van der Waals surface area (Å²) >= 11 is 8.76. The van der Waals surface area contributed by atoms with Gasteiger partial charge in [0.25, 0.3) is 10.0 Å². The van der Waals surface area contributed by atoms with Crippen molar-refractivity contribution in [1.29, 1.82) is 0 Å². The molecule has 0 radical (unpaired) electrons. The smallest absolute Gasteiger partial charge is 0.265 e. The zero-order valence-electron chi connectivity index (χ0n) is 8.84. The van der Waals surface area contributed by atoms with E-state index in [4.69, 9.17) is 11.6 Å². The minimum Gasteiger partial charge on any atom is -0.278 e. The van der Waals surface area contributed by atoms with Gasteiger partial charge in [0.05, 0.1) is 18.1 Å². The fraction of sp³-hybridized carbons (Fsp3) is 0. The van der Waals surface area contributed by atoms with Crippen molar-refractivity contribution in [1.82, 2.24) is 9.97 Å². The third-order valence-electron chi connectivity index (χ3n) is 2.03. The minimum absolute atomic E-state index is 0.00478. The van der Waals surface area contributed by atoms with Gasteiger partial charge in [-0.1, -0.05) is 12.1 Å². The van der Waals surface area contributed by atoms with Crippen molar-refractivity contribution >= 4 is 43.2 Å². The number of aromatic nitrogens is 2. The summed E-state index contributed by atoms with van der Waals surface area (Å²) in [5.74, 6) is 0. The molecule has 0 aliphatic rings. The summed E-state index contributed by atoms with van der Waals surface area (Å²) in [7, 11) is -3.72. The number of hydrogen-bond donors (Lipinski definition) is 1. The van der Waals surface area contributed by atoms with E-state index in [-0.39, 0.29) is 10.2 Å². The first kappa shape index (κ1) is 13.3. The van der Waals surface area contributed by atoms with E-state index in [9.17, 15) is 8.42 Å². The van der Waals surface area contributed by atoms with E-state index in [1.54, 1.807) is 24.3 Å². The molecule has 1 aromatic carbocycles. The second-order valence-corrected chi connectivity index (χ2v) is 6.15. The molecule has 0 bridgehead atoms. The summed E-state index contributed by atoms with van der Waals surface area (Å²) in [6, 6.07) is 6.88. The van der Waals surface area contributed by atoms with Gasteiger partial charge in [0.2, 0.25) is 5.28 Å². The number of para-hydroxylation sites is 1. The molecule has 0 fully saturated rings. The van der Waals surface area contributed by atoms with E-state index >= 15 is 0 Å². The SMILES string of the molecule is O=S(=O)(Nc1ccccc1Br)c1cnc(Cl)nc1. The van der Waals surface area contributed by atoms with Gasteiger partial charge in [-0.3, -0.25) is 4.72 Å². The van der Waals surface area contributed by atoms with Gasteiger partial charge in [-0.2, -0.15) is 0 Å². The quantitative estimate of drug-likeness (QED) is 0.866. The summed E-state index contributed by atoms with van der Waals surface area (Å²) < 4.78 is 27.1. The first-order valence-corrected chi connectivity index (χ1v) is 7.39. The maximum Gasteiger partial charge on any atom is 0.265 e. The van der Waals surface area contributed by atoms with Crippen LogP contribution in [0.3, 0.4) is 0 Å². The van der Waals surface area contributed by atoms with Crippen molar-refractivity contribution in [2.75, 3.05) is 4.72 Å². The molecule has 0 saturated heterocycles. The number of halogens is 2. The van der Waals surface area contributed by atoms with E-state index in [1.165, 1.54) is 0 Å². The van der Waals surface area contributed by atoms with E-state index < -0.39 is 10.0 Å². The molecule has 5 nitrogen and oxygen atoms in total. The third-order valence-corrected chi connectivity index (χ3v) is 4.23. The van der Waals surface area contributed by atoms with Crippen LogP contribution in [-0.2, 0) is 10.0 Å². The lowest BCUT2D eigenvalue weighted by molar-refractivity contribution is 0.600.